The van der Waals surface area contributed by atoms with E-state index in [4.69, 9.17) is 4.74 Å². The van der Waals surface area contributed by atoms with Crippen LogP contribution in [0.25, 0.3) is 0 Å². The number of ether oxygens (including phenoxy) is 1. The molecule has 8 heteroatoms. The van der Waals surface area contributed by atoms with E-state index in [9.17, 15) is 19.5 Å². The molecule has 1 spiro atoms. The van der Waals surface area contributed by atoms with Crippen molar-refractivity contribution < 1.29 is 24.2 Å². The Hall–Kier alpha value is -2.97. The fourth-order valence-electron chi connectivity index (χ4n) is 6.76. The van der Waals surface area contributed by atoms with Gasteiger partial charge in [0.2, 0.25) is 11.8 Å². The number of likely N-dealkylation sites (N-methyl/N-ethyl adjacent to an activating group) is 1. The second-order valence-electron chi connectivity index (χ2n) is 11.3. The van der Waals surface area contributed by atoms with Crippen LogP contribution in [0.5, 0.6) is 0 Å². The summed E-state index contributed by atoms with van der Waals surface area (Å²) in [6, 6.07) is 4.37. The molecule has 3 amide bonds. The first-order valence-electron chi connectivity index (χ1n) is 13.5. The van der Waals surface area contributed by atoms with Gasteiger partial charge in [0.15, 0.2) is 0 Å². The third-order valence-corrected chi connectivity index (χ3v) is 8.58. The second-order valence-corrected chi connectivity index (χ2v) is 11.3. The van der Waals surface area contributed by atoms with Crippen molar-refractivity contribution in [1.29, 1.82) is 0 Å². The Balaban J connectivity index is 1.85. The van der Waals surface area contributed by atoms with Crippen LogP contribution in [0.4, 0.5) is 5.69 Å². The molecule has 1 aromatic rings. The van der Waals surface area contributed by atoms with Crippen LogP contribution in [0.2, 0.25) is 0 Å². The summed E-state index contributed by atoms with van der Waals surface area (Å²) in [6.45, 7) is 15.7. The maximum atomic E-state index is 14.7. The summed E-state index contributed by atoms with van der Waals surface area (Å²) in [7, 11) is 1.69. The van der Waals surface area contributed by atoms with Crippen LogP contribution in [0, 0.1) is 31.6 Å². The van der Waals surface area contributed by atoms with E-state index in [1.54, 1.807) is 33.9 Å². The van der Waals surface area contributed by atoms with Gasteiger partial charge in [-0.05, 0) is 49.8 Å². The number of benzene rings is 1. The number of amides is 3. The molecule has 1 aromatic carbocycles. The molecule has 3 fully saturated rings. The highest BCUT2D eigenvalue weighted by molar-refractivity contribution is 6.05. The Labute approximate surface area is 225 Å². The van der Waals surface area contributed by atoms with Crippen molar-refractivity contribution in [2.24, 2.45) is 17.8 Å². The van der Waals surface area contributed by atoms with E-state index in [0.717, 1.165) is 16.8 Å². The van der Waals surface area contributed by atoms with Gasteiger partial charge < -0.3 is 24.5 Å². The van der Waals surface area contributed by atoms with E-state index in [1.165, 1.54) is 0 Å². The maximum absolute atomic E-state index is 14.7. The van der Waals surface area contributed by atoms with E-state index >= 15 is 0 Å². The predicted octanol–water partition coefficient (Wildman–Crippen LogP) is 2.86. The van der Waals surface area contributed by atoms with E-state index in [2.05, 4.69) is 13.2 Å². The van der Waals surface area contributed by atoms with Gasteiger partial charge in [0.25, 0.3) is 5.91 Å². The summed E-state index contributed by atoms with van der Waals surface area (Å²) in [5, 5.41) is 10.4. The second kappa shape index (κ2) is 10.7. The van der Waals surface area contributed by atoms with Crippen molar-refractivity contribution in [2.45, 2.75) is 64.3 Å². The molecule has 3 saturated heterocycles. The topological polar surface area (TPSA) is 90.4 Å². The highest BCUT2D eigenvalue weighted by atomic mass is 16.5. The smallest absolute Gasteiger partial charge is 0.253 e. The van der Waals surface area contributed by atoms with Gasteiger partial charge in [-0.2, -0.15) is 0 Å². The molecule has 206 valence electrons. The summed E-state index contributed by atoms with van der Waals surface area (Å²) in [5.74, 6) is -2.32. The first-order chi connectivity index (χ1) is 18.0. The van der Waals surface area contributed by atoms with E-state index in [-0.39, 0.29) is 36.8 Å². The molecule has 3 aliphatic heterocycles. The monoisotopic (exact) mass is 523 g/mol. The van der Waals surface area contributed by atoms with Gasteiger partial charge in [0.1, 0.15) is 11.6 Å². The van der Waals surface area contributed by atoms with Crippen LogP contribution >= 0.6 is 0 Å². The molecule has 2 bridgehead atoms. The van der Waals surface area contributed by atoms with Crippen molar-refractivity contribution in [2.75, 3.05) is 31.6 Å². The number of rotatable bonds is 10. The highest BCUT2D eigenvalue weighted by Gasteiger charge is 2.75. The lowest BCUT2D eigenvalue weighted by Gasteiger charge is -2.40. The first kappa shape index (κ1) is 28.0. The average Bonchev–Trinajstić information content (AvgIpc) is 3.51. The number of aliphatic hydroxyl groups is 1. The Bertz CT molecular complexity index is 1130. The largest absolute Gasteiger partial charge is 0.394 e. The van der Waals surface area contributed by atoms with Crippen molar-refractivity contribution in [1.82, 2.24) is 9.80 Å². The molecule has 1 N–H and O–H groups in total. The summed E-state index contributed by atoms with van der Waals surface area (Å²) < 4.78 is 6.58. The fraction of sp³-hybridized carbons (Fsp3) is 0.567. The van der Waals surface area contributed by atoms with Crippen LogP contribution in [0.3, 0.4) is 0 Å². The number of anilines is 1. The molecule has 0 aliphatic carbocycles. The van der Waals surface area contributed by atoms with Crippen molar-refractivity contribution in [3.05, 3.63) is 54.6 Å². The molecule has 4 rings (SSSR count). The lowest BCUT2D eigenvalue weighted by Crippen LogP contribution is -2.60. The molecule has 0 aromatic heterocycles. The molecular formula is C30H41N3O5. The zero-order valence-corrected chi connectivity index (χ0v) is 23.2. The van der Waals surface area contributed by atoms with Gasteiger partial charge >= 0.3 is 0 Å². The van der Waals surface area contributed by atoms with Gasteiger partial charge in [-0.15, -0.1) is 13.2 Å². The summed E-state index contributed by atoms with van der Waals surface area (Å²) in [4.78, 5) is 47.3. The number of fused-ring (bicyclic) bond motifs is 1. The van der Waals surface area contributed by atoms with E-state index in [1.807, 2.05) is 45.9 Å². The normalized spacial score (nSPS) is 28.4. The van der Waals surface area contributed by atoms with Crippen molar-refractivity contribution in [3.8, 4) is 0 Å². The van der Waals surface area contributed by atoms with Crippen molar-refractivity contribution >= 4 is 23.4 Å². The number of likely N-dealkylation sites (tertiary alicyclic amines) is 1. The Morgan fingerprint density at radius 3 is 2.50 bits per heavy atom. The molecular weight excluding hydrogens is 482 g/mol. The molecule has 3 heterocycles. The molecule has 8 nitrogen and oxygen atoms in total. The molecule has 6 atom stereocenters. The minimum atomic E-state index is -1.13. The standard InChI is InChI=1S/C30H41N3O5/c1-8-14-31(7)27(35)24-23-12-13-30(38-23)25(24)28(36)33(22(17-34)18(3)4)26(30)29(37)32(15-9-2)21-16-19(5)10-11-20(21)6/h8-11,16,18,22-26,34H,1-2,12-15,17H2,3-7H3/t22-,23+,24-,25-,26?,30?/m0/s1. The minimum Gasteiger partial charge on any atom is -0.394 e. The number of carbonyl (C=O) groups excluding carboxylic acids is 3. The Morgan fingerprint density at radius 1 is 1.21 bits per heavy atom. The Morgan fingerprint density at radius 2 is 1.89 bits per heavy atom. The SMILES string of the molecule is C=CCN(C)C(=O)[C@@H]1[C@H]2C(=O)N([C@@H](CO)C(C)C)C(C(=O)N(CC=C)c3cc(C)ccc3C)C23CC[C@H]1O3. The lowest BCUT2D eigenvalue weighted by molar-refractivity contribution is -0.147. The number of aliphatic hydroxyl groups excluding tert-OH is 1. The van der Waals surface area contributed by atoms with Gasteiger partial charge in [-0.1, -0.05) is 38.1 Å². The average molecular weight is 524 g/mol. The van der Waals surface area contributed by atoms with Gasteiger partial charge in [-0.25, -0.2) is 0 Å². The van der Waals surface area contributed by atoms with Crippen LogP contribution in [-0.2, 0) is 19.1 Å². The number of aryl methyl sites for hydroxylation is 2. The van der Waals surface area contributed by atoms with Gasteiger partial charge in [0.05, 0.1) is 30.6 Å². The predicted molar refractivity (Wildman–Crippen MR) is 146 cm³/mol. The summed E-state index contributed by atoms with van der Waals surface area (Å²) >= 11 is 0. The number of hydrogen-bond acceptors (Lipinski definition) is 5. The molecule has 2 unspecified atom stereocenters. The maximum Gasteiger partial charge on any atom is 0.253 e. The molecule has 0 saturated carbocycles. The lowest BCUT2D eigenvalue weighted by atomic mass is 9.70. The molecule has 0 radical (unpaired) electrons. The third kappa shape index (κ3) is 4.28. The first-order valence-corrected chi connectivity index (χ1v) is 13.5. The molecule has 38 heavy (non-hydrogen) atoms. The van der Waals surface area contributed by atoms with E-state index in [0.29, 0.717) is 19.4 Å². The number of nitrogens with zero attached hydrogens (tertiary/aromatic N) is 3. The third-order valence-electron chi connectivity index (χ3n) is 8.58. The van der Waals surface area contributed by atoms with Gasteiger partial charge in [-0.3, -0.25) is 14.4 Å². The van der Waals surface area contributed by atoms with Crippen LogP contribution < -0.4 is 4.90 Å². The molecule has 3 aliphatic rings. The van der Waals surface area contributed by atoms with Crippen LogP contribution in [0.1, 0.15) is 37.8 Å². The summed E-state index contributed by atoms with van der Waals surface area (Å²) in [6.07, 6.45) is 3.98. The van der Waals surface area contributed by atoms with Crippen molar-refractivity contribution in [3.63, 3.8) is 0 Å². The number of carbonyl (C=O) groups is 3. The summed E-state index contributed by atoms with van der Waals surface area (Å²) in [5.41, 5.74) is 1.55. The highest BCUT2D eigenvalue weighted by Crippen LogP contribution is 2.59. The fourth-order valence-corrected chi connectivity index (χ4v) is 6.76. The van der Waals surface area contributed by atoms with Gasteiger partial charge in [0, 0.05) is 25.8 Å². The Kier molecular flexibility index (Phi) is 7.86. The van der Waals surface area contributed by atoms with Crippen LogP contribution in [-0.4, -0.2) is 83.2 Å². The zero-order valence-electron chi connectivity index (χ0n) is 23.2. The minimum absolute atomic E-state index is 0.113. The quantitative estimate of drug-likeness (QED) is 0.477. The number of hydrogen-bond donors (Lipinski definition) is 1. The zero-order chi connectivity index (χ0) is 27.9. The van der Waals surface area contributed by atoms with E-state index < -0.39 is 35.6 Å². The van der Waals surface area contributed by atoms with Crippen LogP contribution in [0.15, 0.2) is 43.5 Å².